The number of fused-ring (bicyclic) bond motifs is 1. The zero-order valence-electron chi connectivity index (χ0n) is 13.8. The Morgan fingerprint density at radius 1 is 1.26 bits per heavy atom. The van der Waals surface area contributed by atoms with E-state index in [0.29, 0.717) is 6.54 Å². The van der Waals surface area contributed by atoms with E-state index in [2.05, 4.69) is 35.5 Å². The SMILES string of the molecule is CN=C(NCc1ccco1)NC1CC(C)(C)Oc2ccccc21. The first-order chi connectivity index (χ1) is 11.1. The molecule has 122 valence electrons. The lowest BCUT2D eigenvalue weighted by Gasteiger charge is -2.38. The van der Waals surface area contributed by atoms with E-state index < -0.39 is 0 Å². The number of ether oxygens (including phenoxy) is 1. The predicted molar refractivity (Wildman–Crippen MR) is 90.5 cm³/mol. The lowest BCUT2D eigenvalue weighted by molar-refractivity contribution is 0.0694. The van der Waals surface area contributed by atoms with Crippen molar-refractivity contribution >= 4 is 5.96 Å². The third-order valence-electron chi connectivity index (χ3n) is 3.92. The molecule has 5 nitrogen and oxygen atoms in total. The minimum absolute atomic E-state index is 0.151. The molecule has 1 aromatic carbocycles. The van der Waals surface area contributed by atoms with Gasteiger partial charge < -0.3 is 19.8 Å². The summed E-state index contributed by atoms with van der Waals surface area (Å²) >= 11 is 0. The van der Waals surface area contributed by atoms with Gasteiger partial charge >= 0.3 is 0 Å². The number of guanidine groups is 1. The first-order valence-corrected chi connectivity index (χ1v) is 7.85. The molecule has 2 N–H and O–H groups in total. The number of rotatable bonds is 3. The van der Waals surface area contributed by atoms with Crippen LogP contribution < -0.4 is 15.4 Å². The number of nitrogens with zero attached hydrogens (tertiary/aromatic N) is 1. The molecule has 0 aliphatic carbocycles. The van der Waals surface area contributed by atoms with Crippen LogP contribution in [0.2, 0.25) is 0 Å². The lowest BCUT2D eigenvalue weighted by atomic mass is 9.90. The fourth-order valence-corrected chi connectivity index (χ4v) is 2.87. The van der Waals surface area contributed by atoms with Crippen molar-refractivity contribution in [3.8, 4) is 5.75 Å². The van der Waals surface area contributed by atoms with Crippen molar-refractivity contribution in [1.29, 1.82) is 0 Å². The maximum absolute atomic E-state index is 6.07. The Labute approximate surface area is 136 Å². The van der Waals surface area contributed by atoms with Crippen LogP contribution in [0.1, 0.15) is 37.6 Å². The second-order valence-corrected chi connectivity index (χ2v) is 6.31. The van der Waals surface area contributed by atoms with Gasteiger partial charge in [-0.15, -0.1) is 0 Å². The van der Waals surface area contributed by atoms with Crippen LogP contribution in [-0.2, 0) is 6.54 Å². The predicted octanol–water partition coefficient (Wildman–Crippen LogP) is 3.25. The van der Waals surface area contributed by atoms with Crippen LogP contribution in [0.5, 0.6) is 5.75 Å². The van der Waals surface area contributed by atoms with E-state index in [1.54, 1.807) is 13.3 Å². The van der Waals surface area contributed by atoms with Gasteiger partial charge in [-0.05, 0) is 32.0 Å². The minimum Gasteiger partial charge on any atom is -0.487 e. The Morgan fingerprint density at radius 3 is 2.83 bits per heavy atom. The number of para-hydroxylation sites is 1. The maximum Gasteiger partial charge on any atom is 0.191 e. The molecule has 1 unspecified atom stereocenters. The van der Waals surface area contributed by atoms with Crippen molar-refractivity contribution in [2.75, 3.05) is 7.05 Å². The molecule has 0 amide bonds. The van der Waals surface area contributed by atoms with Crippen LogP contribution in [0.4, 0.5) is 0 Å². The third-order valence-corrected chi connectivity index (χ3v) is 3.92. The molecule has 1 atom stereocenters. The molecule has 1 aliphatic heterocycles. The second-order valence-electron chi connectivity index (χ2n) is 6.31. The molecular weight excluding hydrogens is 290 g/mol. The molecule has 0 saturated carbocycles. The number of hydrogen-bond acceptors (Lipinski definition) is 3. The van der Waals surface area contributed by atoms with Gasteiger partial charge in [0.15, 0.2) is 5.96 Å². The monoisotopic (exact) mass is 313 g/mol. The summed E-state index contributed by atoms with van der Waals surface area (Å²) in [6.45, 7) is 4.81. The Morgan fingerprint density at radius 2 is 2.09 bits per heavy atom. The maximum atomic E-state index is 6.07. The van der Waals surface area contributed by atoms with Gasteiger partial charge in [-0.1, -0.05) is 18.2 Å². The summed E-state index contributed by atoms with van der Waals surface area (Å²) in [7, 11) is 1.77. The summed E-state index contributed by atoms with van der Waals surface area (Å²) < 4.78 is 11.4. The standard InChI is InChI=1S/C18H23N3O2/c1-18(2)11-15(14-8-4-5-9-16(14)23-18)21-17(19-3)20-12-13-7-6-10-22-13/h4-10,15H,11-12H2,1-3H3,(H2,19,20,21). The molecule has 2 heterocycles. The number of nitrogens with one attached hydrogen (secondary N) is 2. The molecule has 1 aliphatic rings. The average molecular weight is 313 g/mol. The lowest BCUT2D eigenvalue weighted by Crippen LogP contribution is -2.45. The van der Waals surface area contributed by atoms with E-state index in [9.17, 15) is 0 Å². The second kappa shape index (κ2) is 6.36. The quantitative estimate of drug-likeness (QED) is 0.674. The molecule has 0 bridgehead atoms. The molecule has 0 saturated heterocycles. The molecule has 23 heavy (non-hydrogen) atoms. The summed E-state index contributed by atoms with van der Waals surface area (Å²) in [5.74, 6) is 2.56. The van der Waals surface area contributed by atoms with E-state index in [-0.39, 0.29) is 11.6 Å². The first-order valence-electron chi connectivity index (χ1n) is 7.85. The highest BCUT2D eigenvalue weighted by Crippen LogP contribution is 2.39. The molecule has 1 aromatic heterocycles. The van der Waals surface area contributed by atoms with Crippen LogP contribution in [0.3, 0.4) is 0 Å². The number of hydrogen-bond donors (Lipinski definition) is 2. The minimum atomic E-state index is -0.216. The molecular formula is C18H23N3O2. The average Bonchev–Trinajstić information content (AvgIpc) is 3.03. The van der Waals surface area contributed by atoms with Gasteiger partial charge in [-0.3, -0.25) is 4.99 Å². The van der Waals surface area contributed by atoms with Crippen LogP contribution in [0.15, 0.2) is 52.1 Å². The van der Waals surface area contributed by atoms with Gasteiger partial charge in [0.25, 0.3) is 0 Å². The smallest absolute Gasteiger partial charge is 0.191 e. The summed E-state index contributed by atoms with van der Waals surface area (Å²) in [6, 6.07) is 12.1. The van der Waals surface area contributed by atoms with Gasteiger partial charge in [0.05, 0.1) is 18.8 Å². The summed E-state index contributed by atoms with van der Waals surface area (Å²) in [6.07, 6.45) is 2.54. The van der Waals surface area contributed by atoms with E-state index in [1.807, 2.05) is 30.3 Å². The van der Waals surface area contributed by atoms with Gasteiger partial charge in [-0.2, -0.15) is 0 Å². The third kappa shape index (κ3) is 3.67. The van der Waals surface area contributed by atoms with E-state index in [0.717, 1.165) is 29.5 Å². The molecule has 0 spiro atoms. The summed E-state index contributed by atoms with van der Waals surface area (Å²) in [4.78, 5) is 4.31. The van der Waals surface area contributed by atoms with Crippen LogP contribution in [0.25, 0.3) is 0 Å². The van der Waals surface area contributed by atoms with Gasteiger partial charge in [0.2, 0.25) is 0 Å². The Hall–Kier alpha value is -2.43. The molecule has 5 heteroatoms. The van der Waals surface area contributed by atoms with Gasteiger partial charge in [0.1, 0.15) is 17.1 Å². The van der Waals surface area contributed by atoms with Crippen molar-refractivity contribution in [3.63, 3.8) is 0 Å². The topological polar surface area (TPSA) is 58.8 Å². The fourth-order valence-electron chi connectivity index (χ4n) is 2.87. The zero-order valence-corrected chi connectivity index (χ0v) is 13.8. The molecule has 3 rings (SSSR count). The fraction of sp³-hybridized carbons (Fsp3) is 0.389. The van der Waals surface area contributed by atoms with Crippen LogP contribution >= 0.6 is 0 Å². The van der Waals surface area contributed by atoms with Crippen molar-refractivity contribution < 1.29 is 9.15 Å². The molecule has 2 aromatic rings. The van der Waals surface area contributed by atoms with Crippen LogP contribution in [0, 0.1) is 0 Å². The number of benzene rings is 1. The van der Waals surface area contributed by atoms with Crippen molar-refractivity contribution in [2.45, 2.75) is 38.5 Å². The highest BCUT2D eigenvalue weighted by atomic mass is 16.5. The van der Waals surface area contributed by atoms with E-state index in [4.69, 9.17) is 9.15 Å². The van der Waals surface area contributed by atoms with E-state index >= 15 is 0 Å². The zero-order chi connectivity index (χ0) is 16.3. The van der Waals surface area contributed by atoms with Gasteiger partial charge in [-0.25, -0.2) is 0 Å². The molecule has 0 radical (unpaired) electrons. The highest BCUT2D eigenvalue weighted by molar-refractivity contribution is 5.80. The van der Waals surface area contributed by atoms with Crippen molar-refractivity contribution in [1.82, 2.24) is 10.6 Å². The number of aliphatic imine (C=N–C) groups is 1. The van der Waals surface area contributed by atoms with Crippen LogP contribution in [-0.4, -0.2) is 18.6 Å². The van der Waals surface area contributed by atoms with E-state index in [1.165, 1.54) is 0 Å². The highest BCUT2D eigenvalue weighted by Gasteiger charge is 2.33. The summed E-state index contributed by atoms with van der Waals surface area (Å²) in [5.41, 5.74) is 0.944. The number of furan rings is 1. The Bertz CT molecular complexity index is 677. The first kappa shape index (κ1) is 15.5. The van der Waals surface area contributed by atoms with Crippen molar-refractivity contribution in [2.24, 2.45) is 4.99 Å². The van der Waals surface area contributed by atoms with Gasteiger partial charge in [0, 0.05) is 19.0 Å². The van der Waals surface area contributed by atoms with Crippen molar-refractivity contribution in [3.05, 3.63) is 54.0 Å². The largest absolute Gasteiger partial charge is 0.487 e. The Balaban J connectivity index is 1.72. The normalized spacial score (nSPS) is 19.6. The summed E-state index contributed by atoms with van der Waals surface area (Å²) in [5, 5.41) is 6.78. The Kier molecular flexibility index (Phi) is 4.28. The molecule has 0 fully saturated rings.